The van der Waals surface area contributed by atoms with Gasteiger partial charge >= 0.3 is 12.2 Å². The number of anilines is 2. The maximum absolute atomic E-state index is 12.4. The highest BCUT2D eigenvalue weighted by molar-refractivity contribution is 5.85. The molecule has 2 aromatic rings. The van der Waals surface area contributed by atoms with E-state index in [0.717, 1.165) is 41.7 Å². The molecule has 390 valence electrons. The van der Waals surface area contributed by atoms with Crippen LogP contribution >= 0.6 is 0 Å². The maximum atomic E-state index is 12.4. The number of benzene rings is 2. The van der Waals surface area contributed by atoms with Gasteiger partial charge in [-0.25, -0.2) is 9.59 Å². The Morgan fingerprint density at radius 1 is 0.426 bits per heavy atom. The molecule has 2 amide bonds. The molecule has 0 fully saturated rings. The molecule has 0 aromatic heterocycles. The number of hydrogen-bond acceptors (Lipinski definition) is 6. The summed E-state index contributed by atoms with van der Waals surface area (Å²) in [5.74, 6) is 0. The number of likely N-dealkylation sites (N-methyl/N-ethyl adjacent to an activating group) is 2. The number of amides is 2. The Balaban J connectivity index is 1.42. The highest BCUT2D eigenvalue weighted by Crippen LogP contribution is 2.18. The Kier molecular flexibility index (Phi) is 38.2. The lowest BCUT2D eigenvalue weighted by Crippen LogP contribution is -3.09. The second-order valence-electron chi connectivity index (χ2n) is 20.3. The third kappa shape index (κ3) is 36.8. The minimum absolute atomic E-state index is 0.214. The summed E-state index contributed by atoms with van der Waals surface area (Å²) >= 11 is 0. The molecule has 0 bridgehead atoms. The van der Waals surface area contributed by atoms with E-state index in [1.807, 2.05) is 48.5 Å². The molecule has 3 N–H and O–H groups in total. The molecule has 10 nitrogen and oxygen atoms in total. The molecule has 1 atom stereocenters. The quantitative estimate of drug-likeness (QED) is 0.0452. The van der Waals surface area contributed by atoms with Crippen molar-refractivity contribution in [2.75, 3.05) is 97.6 Å². The van der Waals surface area contributed by atoms with E-state index in [1.165, 1.54) is 191 Å². The summed E-state index contributed by atoms with van der Waals surface area (Å²) < 4.78 is 23.2. The molecule has 2 aromatic carbocycles. The fourth-order valence-electron chi connectivity index (χ4n) is 8.70. The van der Waals surface area contributed by atoms with Crippen molar-refractivity contribution in [3.05, 3.63) is 59.7 Å². The van der Waals surface area contributed by atoms with Crippen molar-refractivity contribution in [3.8, 4) is 0 Å². The van der Waals surface area contributed by atoms with Gasteiger partial charge in [0, 0.05) is 11.4 Å². The molecular formula is C58H104N4O6+2. The van der Waals surface area contributed by atoms with Crippen LogP contribution in [0.15, 0.2) is 48.5 Å². The molecule has 0 saturated carbocycles. The highest BCUT2D eigenvalue weighted by Gasteiger charge is 2.14. The van der Waals surface area contributed by atoms with Crippen LogP contribution in [0.2, 0.25) is 0 Å². The zero-order chi connectivity index (χ0) is 49.0. The van der Waals surface area contributed by atoms with Gasteiger partial charge in [-0.15, -0.1) is 0 Å². The van der Waals surface area contributed by atoms with Crippen molar-refractivity contribution in [2.24, 2.45) is 0 Å². The Hall–Kier alpha value is -3.18. The monoisotopic (exact) mass is 953 g/mol. The van der Waals surface area contributed by atoms with Crippen LogP contribution in [0.25, 0.3) is 0 Å². The van der Waals surface area contributed by atoms with Gasteiger partial charge in [-0.05, 0) is 67.5 Å². The lowest BCUT2D eigenvalue weighted by atomic mass is 10.0. The molecule has 68 heavy (non-hydrogen) atoms. The average Bonchev–Trinajstić information content (AvgIpc) is 3.32. The van der Waals surface area contributed by atoms with Gasteiger partial charge in [-0.3, -0.25) is 10.6 Å². The smallest absolute Gasteiger partial charge is 0.411 e. The van der Waals surface area contributed by atoms with Crippen molar-refractivity contribution < 1.29 is 37.9 Å². The molecule has 0 spiro atoms. The van der Waals surface area contributed by atoms with Gasteiger partial charge < -0.3 is 28.3 Å². The van der Waals surface area contributed by atoms with Crippen LogP contribution in [0.4, 0.5) is 21.0 Å². The summed E-state index contributed by atoms with van der Waals surface area (Å²) in [5.41, 5.74) is 3.56. The summed E-state index contributed by atoms with van der Waals surface area (Å²) in [6.07, 6.45) is 38.5. The van der Waals surface area contributed by atoms with E-state index >= 15 is 0 Å². The van der Waals surface area contributed by atoms with Crippen LogP contribution in [0.5, 0.6) is 0 Å². The summed E-state index contributed by atoms with van der Waals surface area (Å²) in [5, 5.41) is 5.60. The first-order valence-corrected chi connectivity index (χ1v) is 28.0. The number of ether oxygens (including phenoxy) is 4. The molecule has 0 saturated heterocycles. The van der Waals surface area contributed by atoms with Gasteiger partial charge in [-0.1, -0.05) is 192 Å². The van der Waals surface area contributed by atoms with E-state index < -0.39 is 12.2 Å². The van der Waals surface area contributed by atoms with Crippen molar-refractivity contribution in [3.63, 3.8) is 0 Å². The van der Waals surface area contributed by atoms with Gasteiger partial charge in [0.15, 0.2) is 0 Å². The Morgan fingerprint density at radius 2 is 0.779 bits per heavy atom. The molecule has 10 heteroatoms. The average molecular weight is 953 g/mol. The van der Waals surface area contributed by atoms with E-state index in [2.05, 4.69) is 45.6 Å². The highest BCUT2D eigenvalue weighted by atomic mass is 16.6. The van der Waals surface area contributed by atoms with Crippen LogP contribution in [0, 0.1) is 0 Å². The predicted molar refractivity (Wildman–Crippen MR) is 286 cm³/mol. The lowest BCUT2D eigenvalue weighted by molar-refractivity contribution is -0.891. The second kappa shape index (κ2) is 42.7. The summed E-state index contributed by atoms with van der Waals surface area (Å²) in [6.45, 7) is 11.3. The molecule has 0 heterocycles. The second-order valence-corrected chi connectivity index (χ2v) is 20.3. The number of rotatable bonds is 46. The van der Waals surface area contributed by atoms with Crippen LogP contribution in [-0.2, 0) is 25.4 Å². The lowest BCUT2D eigenvalue weighted by Gasteiger charge is -2.29. The molecule has 0 aliphatic heterocycles. The van der Waals surface area contributed by atoms with Gasteiger partial charge in [0.25, 0.3) is 0 Å². The number of nitrogens with one attached hydrogen (secondary N) is 3. The summed E-state index contributed by atoms with van der Waals surface area (Å²) in [7, 11) is 6.78. The normalized spacial score (nSPS) is 12.0. The summed E-state index contributed by atoms with van der Waals surface area (Å²) in [4.78, 5) is 26.2. The fraction of sp³-hybridized carbons (Fsp3) is 0.759. The fourth-order valence-corrected chi connectivity index (χ4v) is 8.70. The van der Waals surface area contributed by atoms with Crippen molar-refractivity contribution >= 4 is 23.6 Å². The third-order valence-electron chi connectivity index (χ3n) is 13.3. The first kappa shape index (κ1) is 60.9. The topological polar surface area (TPSA) is 99.6 Å². The van der Waals surface area contributed by atoms with Crippen LogP contribution in [-0.4, -0.2) is 104 Å². The van der Waals surface area contributed by atoms with E-state index in [0.29, 0.717) is 37.8 Å². The number of hydrogen-bond donors (Lipinski definition) is 3. The molecule has 1 unspecified atom stereocenters. The van der Waals surface area contributed by atoms with E-state index in [4.69, 9.17) is 18.9 Å². The Morgan fingerprint density at radius 3 is 1.18 bits per heavy atom. The number of nitrogens with zero attached hydrogens (tertiary/aromatic N) is 1. The zero-order valence-corrected chi connectivity index (χ0v) is 44.6. The van der Waals surface area contributed by atoms with Gasteiger partial charge in [-0.2, -0.15) is 0 Å². The SMILES string of the molecule is CCCCCCCCCCCCCCCC[NH+](C)CCOCCOC(=O)Nc1ccc(Cc2ccc(NC(=O)OCCOCC[N+](C)(C)CCCCCCCCCCCCCCCC)cc2)cc1. The van der Waals surface area contributed by atoms with Gasteiger partial charge in [0.05, 0.1) is 60.7 Å². The first-order chi connectivity index (χ1) is 33.2. The molecular weight excluding hydrogens is 849 g/mol. The van der Waals surface area contributed by atoms with Crippen LogP contribution < -0.4 is 15.5 Å². The third-order valence-corrected chi connectivity index (χ3v) is 13.3. The largest absolute Gasteiger partial charge is 0.447 e. The van der Waals surface area contributed by atoms with Crippen molar-refractivity contribution in [1.82, 2.24) is 0 Å². The summed E-state index contributed by atoms with van der Waals surface area (Å²) in [6, 6.07) is 15.5. The Bertz CT molecular complexity index is 1460. The minimum atomic E-state index is -0.487. The minimum Gasteiger partial charge on any atom is -0.447 e. The van der Waals surface area contributed by atoms with E-state index in [1.54, 1.807) is 0 Å². The maximum Gasteiger partial charge on any atom is 0.411 e. The number of quaternary nitrogens is 2. The number of unbranched alkanes of at least 4 members (excludes halogenated alkanes) is 26. The molecule has 0 aliphatic carbocycles. The first-order valence-electron chi connectivity index (χ1n) is 28.0. The van der Waals surface area contributed by atoms with Crippen LogP contribution in [0.3, 0.4) is 0 Å². The van der Waals surface area contributed by atoms with Crippen molar-refractivity contribution in [2.45, 2.75) is 200 Å². The Labute approximate surface area is 417 Å². The molecule has 2 rings (SSSR count). The molecule has 0 aliphatic rings. The predicted octanol–water partition coefficient (Wildman–Crippen LogP) is 14.0. The zero-order valence-electron chi connectivity index (χ0n) is 44.6. The van der Waals surface area contributed by atoms with Crippen LogP contribution in [0.1, 0.15) is 205 Å². The standard InChI is InChI=1S/C58H102N4O6/c1-6-8-10-12-14-16-18-20-22-24-26-28-30-32-42-61(3)43-46-65-48-50-67-57(63)59-55-38-34-53(35-39-55)52-54-36-40-56(41-37-54)60-58(64)68-51-49-66-47-45-62(4,5)44-33-31-29-27-25-23-21-19-17-15-13-11-9-7-2/h34-41H,6-33,42-52H2,1-5H3,(H-,59,60,63,64)/p+2. The number of carbonyl (C=O) groups is 2. The van der Waals surface area contributed by atoms with E-state index in [9.17, 15) is 9.59 Å². The molecule has 0 radical (unpaired) electrons. The van der Waals surface area contributed by atoms with E-state index in [-0.39, 0.29) is 13.2 Å². The van der Waals surface area contributed by atoms with Gasteiger partial charge in [0.1, 0.15) is 26.3 Å². The van der Waals surface area contributed by atoms with Crippen molar-refractivity contribution in [1.29, 1.82) is 0 Å². The number of carbonyl (C=O) groups excluding carboxylic acids is 2. The van der Waals surface area contributed by atoms with Gasteiger partial charge in [0.2, 0.25) is 0 Å².